The van der Waals surface area contributed by atoms with Crippen molar-refractivity contribution in [1.82, 2.24) is 9.55 Å². The summed E-state index contributed by atoms with van der Waals surface area (Å²) in [6.45, 7) is 8.52. The predicted octanol–water partition coefficient (Wildman–Crippen LogP) is 6.25. The molecule has 4 rings (SSSR count). The molecule has 0 atom stereocenters. The average molecular weight is 527 g/mol. The van der Waals surface area contributed by atoms with Crippen molar-refractivity contribution in [1.29, 1.82) is 0 Å². The van der Waals surface area contributed by atoms with Gasteiger partial charge in [-0.2, -0.15) is 0 Å². The molecule has 3 aromatic rings. The Bertz CT molecular complexity index is 1280. The summed E-state index contributed by atoms with van der Waals surface area (Å²) in [6, 6.07) is 4.88. The second-order valence-electron chi connectivity index (χ2n) is 7.97. The Hall–Kier alpha value is -1.45. The molecule has 1 aromatic carbocycles. The first kappa shape index (κ1) is 23.7. The van der Waals surface area contributed by atoms with Crippen LogP contribution in [0, 0.1) is 0 Å². The molecule has 0 bridgehead atoms. The van der Waals surface area contributed by atoms with Crippen LogP contribution in [0.4, 0.5) is 5.69 Å². The average Bonchev–Trinajstić information content (AvgIpc) is 3.07. The fourth-order valence-electron chi connectivity index (χ4n) is 3.51. The van der Waals surface area contributed by atoms with Gasteiger partial charge in [0, 0.05) is 26.9 Å². The molecule has 5 nitrogen and oxygen atoms in total. The number of hydrogen-bond donors (Lipinski definition) is 1. The zero-order valence-corrected chi connectivity index (χ0v) is 21.5. The van der Waals surface area contributed by atoms with Gasteiger partial charge in [-0.25, -0.2) is 4.98 Å². The minimum atomic E-state index is -0.248. The lowest BCUT2D eigenvalue weighted by molar-refractivity contribution is -0.113. The molecular weight excluding hydrogens is 505 g/mol. The van der Waals surface area contributed by atoms with Crippen LogP contribution in [0.3, 0.4) is 0 Å². The van der Waals surface area contributed by atoms with Crippen LogP contribution in [-0.4, -0.2) is 26.0 Å². The first-order valence-electron chi connectivity index (χ1n) is 9.86. The predicted molar refractivity (Wildman–Crippen MR) is 139 cm³/mol. The lowest BCUT2D eigenvalue weighted by Gasteiger charge is -2.28. The molecule has 0 saturated carbocycles. The van der Waals surface area contributed by atoms with E-state index in [4.69, 9.17) is 28.2 Å². The van der Waals surface area contributed by atoms with Crippen LogP contribution >= 0.6 is 58.1 Å². The van der Waals surface area contributed by atoms with E-state index in [1.54, 1.807) is 40.2 Å². The van der Waals surface area contributed by atoms with Crippen LogP contribution in [-0.2, 0) is 23.5 Å². The molecule has 1 aliphatic heterocycles. The first-order chi connectivity index (χ1) is 15.2. The standard InChI is InChI=1S/C22H21Cl2N3O2S3/c1-4-7-27-20(29)18-13-9-22(2,3)31-10-16(13)32-19(18)26-21(27)30-11-17(28)25-15-6-5-12(23)8-14(15)24/h4-6,8H,1,7,9-11H2,2-3H3,(H,25,28). The molecule has 0 unspecified atom stereocenters. The zero-order valence-electron chi connectivity index (χ0n) is 17.5. The quantitative estimate of drug-likeness (QED) is 0.234. The summed E-state index contributed by atoms with van der Waals surface area (Å²) in [4.78, 5) is 32.7. The summed E-state index contributed by atoms with van der Waals surface area (Å²) < 4.78 is 1.69. The van der Waals surface area contributed by atoms with Crippen molar-refractivity contribution in [2.24, 2.45) is 0 Å². The Morgan fingerprint density at radius 2 is 2.19 bits per heavy atom. The lowest BCUT2D eigenvalue weighted by atomic mass is 10.00. The third kappa shape index (κ3) is 4.89. The second kappa shape index (κ2) is 9.43. The fourth-order valence-corrected chi connectivity index (χ4v) is 7.16. The highest BCUT2D eigenvalue weighted by molar-refractivity contribution is 8.00. The molecule has 32 heavy (non-hydrogen) atoms. The molecule has 1 amide bonds. The van der Waals surface area contributed by atoms with Gasteiger partial charge in [-0.15, -0.1) is 29.7 Å². The maximum absolute atomic E-state index is 13.4. The van der Waals surface area contributed by atoms with Gasteiger partial charge in [0.25, 0.3) is 5.56 Å². The maximum Gasteiger partial charge on any atom is 0.263 e. The van der Waals surface area contributed by atoms with Crippen molar-refractivity contribution < 1.29 is 4.79 Å². The number of allylic oxidation sites excluding steroid dienone is 1. The molecule has 3 heterocycles. The van der Waals surface area contributed by atoms with Gasteiger partial charge in [-0.05, 0) is 30.2 Å². The third-order valence-corrected chi connectivity index (χ3v) is 9.20. The zero-order chi connectivity index (χ0) is 23.0. The van der Waals surface area contributed by atoms with Crippen LogP contribution < -0.4 is 10.9 Å². The number of amides is 1. The molecule has 2 aromatic heterocycles. The minimum Gasteiger partial charge on any atom is -0.324 e. The number of anilines is 1. The number of aromatic nitrogens is 2. The van der Waals surface area contributed by atoms with Crippen LogP contribution in [0.15, 0.2) is 40.8 Å². The summed E-state index contributed by atoms with van der Waals surface area (Å²) in [5.74, 6) is 0.723. The number of hydrogen-bond acceptors (Lipinski definition) is 6. The van der Waals surface area contributed by atoms with Crippen molar-refractivity contribution >= 4 is 79.9 Å². The van der Waals surface area contributed by atoms with E-state index in [-0.39, 0.29) is 22.0 Å². The number of nitrogens with one attached hydrogen (secondary N) is 1. The first-order valence-corrected chi connectivity index (χ1v) is 13.4. The highest BCUT2D eigenvalue weighted by atomic mass is 35.5. The van der Waals surface area contributed by atoms with Crippen molar-refractivity contribution in [2.75, 3.05) is 11.1 Å². The molecule has 0 spiro atoms. The monoisotopic (exact) mass is 525 g/mol. The van der Waals surface area contributed by atoms with Crippen LogP contribution in [0.5, 0.6) is 0 Å². The summed E-state index contributed by atoms with van der Waals surface area (Å²) in [5.41, 5.74) is 1.54. The van der Waals surface area contributed by atoms with Crippen molar-refractivity contribution in [3.05, 3.63) is 61.7 Å². The number of halogens is 2. The van der Waals surface area contributed by atoms with E-state index in [1.807, 2.05) is 11.8 Å². The summed E-state index contributed by atoms with van der Waals surface area (Å²) in [5, 5.41) is 4.85. The summed E-state index contributed by atoms with van der Waals surface area (Å²) in [6.07, 6.45) is 2.51. The van der Waals surface area contributed by atoms with Crippen molar-refractivity contribution in [3.8, 4) is 0 Å². The lowest BCUT2D eigenvalue weighted by Crippen LogP contribution is -2.27. The van der Waals surface area contributed by atoms with Gasteiger partial charge in [0.15, 0.2) is 5.16 Å². The highest BCUT2D eigenvalue weighted by Crippen LogP contribution is 2.44. The SMILES string of the molecule is C=CCn1c(SCC(=O)Nc2ccc(Cl)cc2Cl)nc2sc3c(c2c1=O)CC(C)(C)SC3. The molecule has 1 N–H and O–H groups in total. The van der Waals surface area contributed by atoms with Gasteiger partial charge in [-0.1, -0.05) is 54.9 Å². The van der Waals surface area contributed by atoms with Gasteiger partial charge in [0.1, 0.15) is 4.83 Å². The van der Waals surface area contributed by atoms with E-state index in [9.17, 15) is 9.59 Å². The van der Waals surface area contributed by atoms with Crippen molar-refractivity contribution in [3.63, 3.8) is 0 Å². The summed E-state index contributed by atoms with van der Waals surface area (Å²) in [7, 11) is 0. The van der Waals surface area contributed by atoms with Gasteiger partial charge < -0.3 is 5.32 Å². The molecule has 0 radical (unpaired) electrons. The third-order valence-electron chi connectivity index (χ3n) is 5.00. The molecular formula is C22H21Cl2N3O2S3. The Balaban J connectivity index is 1.62. The Labute approximate surface area is 208 Å². The van der Waals surface area contributed by atoms with Crippen molar-refractivity contribution in [2.45, 2.75) is 42.5 Å². The molecule has 1 aliphatic rings. The molecule has 168 valence electrons. The number of nitrogens with zero attached hydrogens (tertiary/aromatic N) is 2. The number of thiophene rings is 1. The number of carbonyl (C=O) groups excluding carboxylic acids is 1. The number of rotatable bonds is 6. The van der Waals surface area contributed by atoms with Gasteiger partial charge >= 0.3 is 0 Å². The van der Waals surface area contributed by atoms with E-state index in [1.165, 1.54) is 16.6 Å². The highest BCUT2D eigenvalue weighted by Gasteiger charge is 2.31. The Kier molecular flexibility index (Phi) is 6.98. The molecule has 0 saturated heterocycles. The number of carbonyl (C=O) groups is 1. The van der Waals surface area contributed by atoms with Gasteiger partial charge in [0.05, 0.1) is 21.8 Å². The second-order valence-corrected chi connectivity index (χ2v) is 12.5. The van der Waals surface area contributed by atoms with E-state index >= 15 is 0 Å². The van der Waals surface area contributed by atoms with Crippen LogP contribution in [0.1, 0.15) is 24.3 Å². The summed E-state index contributed by atoms with van der Waals surface area (Å²) >= 11 is 16.7. The van der Waals surface area contributed by atoms with Gasteiger partial charge in [0.2, 0.25) is 5.91 Å². The number of fused-ring (bicyclic) bond motifs is 3. The molecule has 0 fully saturated rings. The van der Waals surface area contributed by atoms with Crippen LogP contribution in [0.2, 0.25) is 10.0 Å². The molecule has 10 heteroatoms. The van der Waals surface area contributed by atoms with Crippen LogP contribution in [0.25, 0.3) is 10.2 Å². The Morgan fingerprint density at radius 3 is 2.91 bits per heavy atom. The minimum absolute atomic E-state index is 0.0706. The smallest absolute Gasteiger partial charge is 0.263 e. The van der Waals surface area contributed by atoms with Gasteiger partial charge in [-0.3, -0.25) is 14.2 Å². The van der Waals surface area contributed by atoms with E-state index in [0.29, 0.717) is 32.8 Å². The van der Waals surface area contributed by atoms with E-state index in [0.717, 1.165) is 22.6 Å². The van der Waals surface area contributed by atoms with E-state index in [2.05, 4.69) is 25.7 Å². The number of benzene rings is 1. The fraction of sp³-hybridized carbons (Fsp3) is 0.318. The van der Waals surface area contributed by atoms with E-state index < -0.39 is 0 Å². The number of thioether (sulfide) groups is 2. The topological polar surface area (TPSA) is 64.0 Å². The maximum atomic E-state index is 13.4. The Morgan fingerprint density at radius 1 is 1.41 bits per heavy atom. The largest absolute Gasteiger partial charge is 0.324 e. The molecule has 0 aliphatic carbocycles. The normalized spacial score (nSPS) is 14.9.